The normalized spacial score (nSPS) is 24.5. The molecule has 1 aromatic rings. The fourth-order valence-electron chi connectivity index (χ4n) is 2.78. The highest BCUT2D eigenvalue weighted by Gasteiger charge is 2.40. The molecule has 0 aromatic heterocycles. The highest BCUT2D eigenvalue weighted by atomic mass is 35.5. The van der Waals surface area contributed by atoms with E-state index in [1.165, 1.54) is 30.6 Å². The van der Waals surface area contributed by atoms with Gasteiger partial charge in [-0.15, -0.1) is 23.5 Å². The van der Waals surface area contributed by atoms with E-state index in [0.29, 0.717) is 12.3 Å². The number of amidine groups is 1. The first-order valence-corrected chi connectivity index (χ1v) is 10.2. The van der Waals surface area contributed by atoms with E-state index in [1.54, 1.807) is 0 Å². The summed E-state index contributed by atoms with van der Waals surface area (Å²) in [6, 6.07) is 8.10. The van der Waals surface area contributed by atoms with E-state index in [-0.39, 0.29) is 4.08 Å². The van der Waals surface area contributed by atoms with Crippen LogP contribution in [0.4, 0.5) is 0 Å². The van der Waals surface area contributed by atoms with Crippen molar-refractivity contribution in [3.63, 3.8) is 0 Å². The minimum atomic E-state index is 0.0872. The summed E-state index contributed by atoms with van der Waals surface area (Å²) in [5, 5.41) is 9.23. The summed E-state index contributed by atoms with van der Waals surface area (Å²) < 4.78 is 0.0872. The number of nitrogens with two attached hydrogens (primary N) is 1. The van der Waals surface area contributed by atoms with Crippen LogP contribution in [-0.4, -0.2) is 20.9 Å². The highest BCUT2D eigenvalue weighted by Crippen LogP contribution is 2.54. The Morgan fingerprint density at radius 3 is 2.77 bits per heavy atom. The van der Waals surface area contributed by atoms with Crippen LogP contribution in [0.3, 0.4) is 0 Å². The lowest BCUT2D eigenvalue weighted by molar-refractivity contribution is 0.711. The number of halogens is 1. The summed E-state index contributed by atoms with van der Waals surface area (Å²) in [6.45, 7) is 2.25. The summed E-state index contributed by atoms with van der Waals surface area (Å²) >= 11 is 10.0. The Morgan fingerprint density at radius 2 is 2.14 bits per heavy atom. The fraction of sp³-hybridized carbons (Fsp3) is 0.588. The van der Waals surface area contributed by atoms with Gasteiger partial charge in [0, 0.05) is 22.4 Å². The highest BCUT2D eigenvalue weighted by molar-refractivity contribution is 8.21. The van der Waals surface area contributed by atoms with Gasteiger partial charge in [-0.05, 0) is 37.0 Å². The summed E-state index contributed by atoms with van der Waals surface area (Å²) in [6.07, 6.45) is 6.61. The minimum absolute atomic E-state index is 0.0872. The molecule has 1 fully saturated rings. The SMILES string of the molecule is CCCCC1CSC(CCc2ccc(Cl)cc2)(CC(=N)N)S1. The molecule has 2 atom stereocenters. The van der Waals surface area contributed by atoms with Crippen LogP contribution in [0, 0.1) is 5.41 Å². The maximum Gasteiger partial charge on any atom is 0.0927 e. The van der Waals surface area contributed by atoms with Crippen LogP contribution in [0.5, 0.6) is 0 Å². The lowest BCUT2D eigenvalue weighted by Gasteiger charge is -2.27. The molecule has 0 amide bonds. The third-order valence-corrected chi connectivity index (χ3v) is 8.02. The topological polar surface area (TPSA) is 49.9 Å². The molecule has 0 aliphatic carbocycles. The fourth-order valence-corrected chi connectivity index (χ4v) is 6.78. The van der Waals surface area contributed by atoms with Crippen molar-refractivity contribution in [3.8, 4) is 0 Å². The molecule has 5 heteroatoms. The van der Waals surface area contributed by atoms with E-state index in [0.717, 1.165) is 23.1 Å². The van der Waals surface area contributed by atoms with E-state index in [9.17, 15) is 0 Å². The van der Waals surface area contributed by atoms with Gasteiger partial charge in [-0.3, -0.25) is 5.41 Å². The number of hydrogen-bond acceptors (Lipinski definition) is 3. The van der Waals surface area contributed by atoms with E-state index >= 15 is 0 Å². The van der Waals surface area contributed by atoms with E-state index in [1.807, 2.05) is 23.9 Å². The van der Waals surface area contributed by atoms with Crippen molar-refractivity contribution in [1.29, 1.82) is 5.41 Å². The van der Waals surface area contributed by atoms with Gasteiger partial charge in [0.2, 0.25) is 0 Å². The molecule has 0 bridgehead atoms. The molecular formula is C17H25ClN2S2. The molecule has 2 nitrogen and oxygen atoms in total. The molecule has 22 heavy (non-hydrogen) atoms. The molecule has 0 radical (unpaired) electrons. The van der Waals surface area contributed by atoms with Crippen molar-refractivity contribution >= 4 is 41.0 Å². The van der Waals surface area contributed by atoms with Crippen LogP contribution in [0.25, 0.3) is 0 Å². The zero-order chi connectivity index (χ0) is 16.0. The lowest BCUT2D eigenvalue weighted by atomic mass is 10.1. The predicted molar refractivity (Wildman–Crippen MR) is 102 cm³/mol. The van der Waals surface area contributed by atoms with Gasteiger partial charge in [-0.1, -0.05) is 43.5 Å². The Kier molecular flexibility index (Phi) is 6.97. The standard InChI is InChI=1S/C17H25ClN2S2/c1-2-3-4-15-12-21-17(22-15,11-16(19)20)10-9-13-5-7-14(18)8-6-13/h5-8,15H,2-4,9-12H2,1H3,(H3,19,20). The monoisotopic (exact) mass is 356 g/mol. The second-order valence-electron chi connectivity index (χ2n) is 5.93. The van der Waals surface area contributed by atoms with Crippen molar-refractivity contribution < 1.29 is 0 Å². The average Bonchev–Trinajstić information content (AvgIpc) is 2.87. The Labute approximate surface area is 147 Å². The van der Waals surface area contributed by atoms with Crippen LogP contribution < -0.4 is 5.73 Å². The first-order chi connectivity index (χ1) is 10.5. The molecule has 0 saturated carbocycles. The third-order valence-electron chi connectivity index (χ3n) is 3.96. The average molecular weight is 357 g/mol. The van der Waals surface area contributed by atoms with Crippen LogP contribution in [0.1, 0.15) is 44.6 Å². The van der Waals surface area contributed by atoms with Gasteiger partial charge < -0.3 is 5.73 Å². The zero-order valence-corrected chi connectivity index (χ0v) is 15.5. The number of unbranched alkanes of at least 4 members (excludes halogenated alkanes) is 1. The maximum atomic E-state index is 7.73. The van der Waals surface area contributed by atoms with Gasteiger partial charge >= 0.3 is 0 Å². The van der Waals surface area contributed by atoms with Gasteiger partial charge in [0.1, 0.15) is 0 Å². The van der Waals surface area contributed by atoms with Crippen molar-refractivity contribution in [2.24, 2.45) is 5.73 Å². The van der Waals surface area contributed by atoms with Gasteiger partial charge in [-0.25, -0.2) is 0 Å². The molecule has 122 valence electrons. The molecular weight excluding hydrogens is 332 g/mol. The van der Waals surface area contributed by atoms with Crippen LogP contribution in [0.2, 0.25) is 5.02 Å². The number of benzene rings is 1. The smallest absolute Gasteiger partial charge is 0.0927 e. The van der Waals surface area contributed by atoms with Crippen LogP contribution in [0.15, 0.2) is 24.3 Å². The molecule has 2 rings (SSSR count). The number of nitrogens with one attached hydrogen (secondary N) is 1. The second kappa shape index (κ2) is 8.51. The first kappa shape index (κ1) is 18.0. The van der Waals surface area contributed by atoms with Gasteiger partial charge in [-0.2, -0.15) is 0 Å². The Hall–Kier alpha value is -0.320. The maximum absolute atomic E-state index is 7.73. The van der Waals surface area contributed by atoms with Crippen LogP contribution >= 0.6 is 35.1 Å². The quantitative estimate of drug-likeness (QED) is 0.488. The molecule has 1 heterocycles. The third kappa shape index (κ3) is 5.39. The number of thioether (sulfide) groups is 2. The first-order valence-electron chi connectivity index (χ1n) is 7.92. The number of hydrogen-bond donors (Lipinski definition) is 2. The summed E-state index contributed by atoms with van der Waals surface area (Å²) in [7, 11) is 0. The Morgan fingerprint density at radius 1 is 1.41 bits per heavy atom. The molecule has 0 spiro atoms. The summed E-state index contributed by atoms with van der Waals surface area (Å²) in [4.78, 5) is 0. The minimum Gasteiger partial charge on any atom is -0.388 e. The predicted octanol–water partition coefficient (Wildman–Crippen LogP) is 5.33. The van der Waals surface area contributed by atoms with Gasteiger partial charge in [0.25, 0.3) is 0 Å². The van der Waals surface area contributed by atoms with Crippen molar-refractivity contribution in [2.45, 2.75) is 54.8 Å². The Balaban J connectivity index is 1.97. The largest absolute Gasteiger partial charge is 0.388 e. The number of rotatable bonds is 8. The summed E-state index contributed by atoms with van der Waals surface area (Å²) in [5.74, 6) is 1.51. The van der Waals surface area contributed by atoms with Crippen LogP contribution in [-0.2, 0) is 6.42 Å². The van der Waals surface area contributed by atoms with Gasteiger partial charge in [0.05, 0.1) is 9.91 Å². The molecule has 3 N–H and O–H groups in total. The summed E-state index contributed by atoms with van der Waals surface area (Å²) in [5.41, 5.74) is 7.04. The molecule has 1 saturated heterocycles. The van der Waals surface area contributed by atoms with Crippen molar-refractivity contribution in [3.05, 3.63) is 34.9 Å². The van der Waals surface area contributed by atoms with E-state index < -0.39 is 0 Å². The molecule has 1 aliphatic heterocycles. The van der Waals surface area contributed by atoms with Gasteiger partial charge in [0.15, 0.2) is 0 Å². The van der Waals surface area contributed by atoms with E-state index in [2.05, 4.69) is 30.8 Å². The zero-order valence-electron chi connectivity index (χ0n) is 13.1. The molecule has 1 aliphatic rings. The van der Waals surface area contributed by atoms with Crippen molar-refractivity contribution in [2.75, 3.05) is 5.75 Å². The number of aryl methyl sites for hydroxylation is 1. The Bertz CT molecular complexity index is 492. The molecule has 2 unspecified atom stereocenters. The second-order valence-corrected chi connectivity index (χ2v) is 9.71. The lowest BCUT2D eigenvalue weighted by Crippen LogP contribution is -2.27. The molecule has 1 aromatic carbocycles. The van der Waals surface area contributed by atoms with Crippen molar-refractivity contribution in [1.82, 2.24) is 0 Å². The van der Waals surface area contributed by atoms with E-state index in [4.69, 9.17) is 22.7 Å².